The van der Waals surface area contributed by atoms with Crippen LogP contribution in [0.4, 0.5) is 11.5 Å². The maximum absolute atomic E-state index is 12.7. The Labute approximate surface area is 166 Å². The normalized spacial score (nSPS) is 13.9. The Morgan fingerprint density at radius 2 is 1.79 bits per heavy atom. The van der Waals surface area contributed by atoms with Gasteiger partial charge in [0.15, 0.2) is 0 Å². The number of aromatic nitrogens is 1. The van der Waals surface area contributed by atoms with Gasteiger partial charge in [0.05, 0.1) is 16.8 Å². The topological polar surface area (TPSA) is 62.3 Å². The maximum atomic E-state index is 12.7. The van der Waals surface area contributed by atoms with E-state index >= 15 is 0 Å². The number of nitrogens with one attached hydrogen (secondary N) is 1. The number of anilines is 2. The monoisotopic (exact) mass is 393 g/mol. The predicted molar refractivity (Wildman–Crippen MR) is 112 cm³/mol. The minimum absolute atomic E-state index is 0.283. The van der Waals surface area contributed by atoms with E-state index in [0.29, 0.717) is 11.4 Å². The fraction of sp³-hybridized carbons (Fsp3) is 0.227. The lowest BCUT2D eigenvalue weighted by atomic mass is 10.00. The van der Waals surface area contributed by atoms with Crippen LogP contribution in [-0.4, -0.2) is 19.9 Å². The molecule has 1 aromatic heterocycles. The highest BCUT2D eigenvalue weighted by Gasteiger charge is 2.19. The average molecular weight is 394 g/mol. The van der Waals surface area contributed by atoms with E-state index < -0.39 is 10.0 Å². The third-order valence-corrected chi connectivity index (χ3v) is 6.61. The van der Waals surface area contributed by atoms with Crippen LogP contribution in [0, 0.1) is 13.8 Å². The number of rotatable bonds is 4. The summed E-state index contributed by atoms with van der Waals surface area (Å²) in [6.07, 6.45) is 2.73. The molecule has 6 heteroatoms. The van der Waals surface area contributed by atoms with E-state index in [1.165, 1.54) is 11.1 Å². The van der Waals surface area contributed by atoms with Gasteiger partial charge in [-0.1, -0.05) is 36.4 Å². The second kappa shape index (κ2) is 7.28. The minimum atomic E-state index is -3.67. The summed E-state index contributed by atoms with van der Waals surface area (Å²) < 4.78 is 28.1. The molecular weight excluding hydrogens is 370 g/mol. The highest BCUT2D eigenvalue weighted by molar-refractivity contribution is 7.92. The van der Waals surface area contributed by atoms with Gasteiger partial charge in [0.1, 0.15) is 5.82 Å². The number of pyridine rings is 1. The van der Waals surface area contributed by atoms with Gasteiger partial charge in [-0.15, -0.1) is 0 Å². The van der Waals surface area contributed by atoms with Crippen LogP contribution in [-0.2, 0) is 23.0 Å². The van der Waals surface area contributed by atoms with E-state index in [2.05, 4.69) is 38.9 Å². The van der Waals surface area contributed by atoms with E-state index in [-0.39, 0.29) is 4.90 Å². The Bertz CT molecular complexity index is 1110. The van der Waals surface area contributed by atoms with E-state index in [0.717, 1.165) is 30.8 Å². The van der Waals surface area contributed by atoms with Gasteiger partial charge in [-0.2, -0.15) is 0 Å². The molecule has 0 spiro atoms. The van der Waals surface area contributed by atoms with Crippen LogP contribution in [0.2, 0.25) is 0 Å². The molecule has 0 amide bonds. The molecule has 4 rings (SSSR count). The van der Waals surface area contributed by atoms with Gasteiger partial charge in [-0.3, -0.25) is 4.72 Å². The van der Waals surface area contributed by atoms with Crippen molar-refractivity contribution >= 4 is 21.5 Å². The summed E-state index contributed by atoms with van der Waals surface area (Å²) in [6.45, 7) is 5.43. The summed E-state index contributed by atoms with van der Waals surface area (Å²) in [5, 5.41) is 0. The van der Waals surface area contributed by atoms with Crippen LogP contribution in [0.1, 0.15) is 22.3 Å². The van der Waals surface area contributed by atoms with Gasteiger partial charge in [0.2, 0.25) is 0 Å². The van der Waals surface area contributed by atoms with E-state index in [1.54, 1.807) is 25.3 Å². The van der Waals surface area contributed by atoms with Crippen molar-refractivity contribution in [2.24, 2.45) is 0 Å². The summed E-state index contributed by atoms with van der Waals surface area (Å²) in [6, 6.07) is 17.5. The van der Waals surface area contributed by atoms with Crippen molar-refractivity contribution in [2.45, 2.75) is 31.7 Å². The van der Waals surface area contributed by atoms with Crippen LogP contribution in [0.25, 0.3) is 0 Å². The highest BCUT2D eigenvalue weighted by Crippen LogP contribution is 2.25. The molecular formula is C22H23N3O2S. The number of benzene rings is 2. The molecule has 1 aliphatic heterocycles. The van der Waals surface area contributed by atoms with Gasteiger partial charge < -0.3 is 4.90 Å². The first-order valence-corrected chi connectivity index (χ1v) is 10.8. The average Bonchev–Trinajstić information content (AvgIpc) is 2.69. The largest absolute Gasteiger partial charge is 0.366 e. The summed E-state index contributed by atoms with van der Waals surface area (Å²) in [7, 11) is -3.67. The number of nitrogens with zero attached hydrogens (tertiary/aromatic N) is 2. The van der Waals surface area contributed by atoms with Crippen molar-refractivity contribution in [3.63, 3.8) is 0 Å². The number of sulfonamides is 1. The number of hydrogen-bond acceptors (Lipinski definition) is 4. The molecule has 0 fully saturated rings. The van der Waals surface area contributed by atoms with Gasteiger partial charge in [0, 0.05) is 13.1 Å². The molecule has 0 radical (unpaired) electrons. The Kier molecular flexibility index (Phi) is 4.81. The highest BCUT2D eigenvalue weighted by atomic mass is 32.2. The van der Waals surface area contributed by atoms with Crippen LogP contribution in [0.15, 0.2) is 65.7 Å². The Morgan fingerprint density at radius 3 is 2.54 bits per heavy atom. The van der Waals surface area contributed by atoms with E-state index in [9.17, 15) is 8.42 Å². The lowest BCUT2D eigenvalue weighted by Crippen LogP contribution is -2.30. The van der Waals surface area contributed by atoms with Crippen molar-refractivity contribution in [3.8, 4) is 0 Å². The lowest BCUT2D eigenvalue weighted by Gasteiger charge is -2.30. The second-order valence-corrected chi connectivity index (χ2v) is 8.87. The SMILES string of the molecule is Cc1ccc(C)c(S(=O)(=O)Nc2ccc(N3CCc4ccccc4C3)cn2)c1. The molecule has 0 unspecified atom stereocenters. The Morgan fingerprint density at radius 1 is 1.00 bits per heavy atom. The second-order valence-electron chi connectivity index (χ2n) is 7.22. The molecule has 5 nitrogen and oxygen atoms in total. The Hall–Kier alpha value is -2.86. The summed E-state index contributed by atoms with van der Waals surface area (Å²) in [4.78, 5) is 6.89. The van der Waals surface area contributed by atoms with Gasteiger partial charge in [0.25, 0.3) is 10.0 Å². The zero-order valence-electron chi connectivity index (χ0n) is 16.0. The molecule has 144 valence electrons. The number of fused-ring (bicyclic) bond motifs is 1. The summed E-state index contributed by atoms with van der Waals surface area (Å²) in [5.74, 6) is 0.321. The molecule has 3 aromatic rings. The molecule has 0 saturated heterocycles. The molecule has 0 aliphatic carbocycles. The maximum Gasteiger partial charge on any atom is 0.263 e. The minimum Gasteiger partial charge on any atom is -0.366 e. The third-order valence-electron chi connectivity index (χ3n) is 5.12. The van der Waals surface area contributed by atoms with Gasteiger partial charge in [-0.25, -0.2) is 13.4 Å². The first kappa shape index (κ1) is 18.5. The molecule has 0 atom stereocenters. The zero-order valence-corrected chi connectivity index (χ0v) is 16.8. The van der Waals surface area contributed by atoms with Crippen molar-refractivity contribution in [2.75, 3.05) is 16.2 Å². The van der Waals surface area contributed by atoms with Gasteiger partial charge >= 0.3 is 0 Å². The molecule has 0 saturated carbocycles. The van der Waals surface area contributed by atoms with Crippen LogP contribution >= 0.6 is 0 Å². The molecule has 1 aliphatic rings. The molecule has 2 heterocycles. The first-order valence-electron chi connectivity index (χ1n) is 9.30. The first-order chi connectivity index (χ1) is 13.4. The summed E-state index contributed by atoms with van der Waals surface area (Å²) >= 11 is 0. The predicted octanol–water partition coefficient (Wildman–Crippen LogP) is 4.06. The van der Waals surface area contributed by atoms with Crippen molar-refractivity contribution in [1.82, 2.24) is 4.98 Å². The molecule has 1 N–H and O–H groups in total. The van der Waals surface area contributed by atoms with Crippen LogP contribution in [0.3, 0.4) is 0 Å². The molecule has 0 bridgehead atoms. The molecule has 28 heavy (non-hydrogen) atoms. The summed E-state index contributed by atoms with van der Waals surface area (Å²) in [5.41, 5.74) is 5.32. The zero-order chi connectivity index (χ0) is 19.7. The van der Waals surface area contributed by atoms with Crippen molar-refractivity contribution in [1.29, 1.82) is 0 Å². The third kappa shape index (κ3) is 3.73. The van der Waals surface area contributed by atoms with Crippen LogP contribution < -0.4 is 9.62 Å². The Balaban J connectivity index is 1.52. The number of hydrogen-bond donors (Lipinski definition) is 1. The number of aryl methyl sites for hydroxylation is 2. The quantitative estimate of drug-likeness (QED) is 0.726. The van der Waals surface area contributed by atoms with Crippen molar-refractivity contribution < 1.29 is 8.42 Å². The fourth-order valence-electron chi connectivity index (χ4n) is 3.54. The molecule has 2 aromatic carbocycles. The standard InChI is InChI=1S/C22H23N3O2S/c1-16-7-8-17(2)21(13-16)28(26,27)24-22-10-9-20(14-23-22)25-12-11-18-5-3-4-6-19(18)15-25/h3-10,13-14H,11-12,15H2,1-2H3,(H,23,24). The van der Waals surface area contributed by atoms with Crippen LogP contribution in [0.5, 0.6) is 0 Å². The lowest BCUT2D eigenvalue weighted by molar-refractivity contribution is 0.600. The van der Waals surface area contributed by atoms with Crippen molar-refractivity contribution in [3.05, 3.63) is 83.0 Å². The van der Waals surface area contributed by atoms with E-state index in [1.807, 2.05) is 25.1 Å². The van der Waals surface area contributed by atoms with E-state index in [4.69, 9.17) is 0 Å². The fourth-order valence-corrected chi connectivity index (χ4v) is 4.88. The smallest absolute Gasteiger partial charge is 0.263 e. The van der Waals surface area contributed by atoms with Gasteiger partial charge in [-0.05, 0) is 60.7 Å².